The molecule has 0 unspecified atom stereocenters. The van der Waals surface area contributed by atoms with Crippen molar-refractivity contribution in [2.45, 2.75) is 6.92 Å². The van der Waals surface area contributed by atoms with Gasteiger partial charge in [-0.1, -0.05) is 0 Å². The van der Waals surface area contributed by atoms with Gasteiger partial charge >= 0.3 is 5.97 Å². The van der Waals surface area contributed by atoms with Crippen molar-refractivity contribution in [1.29, 1.82) is 0 Å². The number of carbonyl (C=O) groups excluding carboxylic acids is 2. The fourth-order valence-electron chi connectivity index (χ4n) is 0.916. The molecular formula is C9H8BrNO3. The van der Waals surface area contributed by atoms with Crippen molar-refractivity contribution in [3.63, 3.8) is 0 Å². The second kappa shape index (κ2) is 4.85. The number of hydrogen-bond donors (Lipinski definition) is 0. The molecule has 0 aliphatic rings. The van der Waals surface area contributed by atoms with E-state index in [1.807, 2.05) is 0 Å². The van der Waals surface area contributed by atoms with Crippen LogP contribution in [0.4, 0.5) is 0 Å². The van der Waals surface area contributed by atoms with E-state index in [0.717, 1.165) is 0 Å². The minimum absolute atomic E-state index is 0.0895. The summed E-state index contributed by atoms with van der Waals surface area (Å²) in [5.41, 5.74) is 0.267. The summed E-state index contributed by atoms with van der Waals surface area (Å²) in [4.78, 5) is 25.7. The van der Waals surface area contributed by atoms with Crippen LogP contribution in [0.15, 0.2) is 16.7 Å². The monoisotopic (exact) mass is 257 g/mol. The molecule has 0 amide bonds. The lowest BCUT2D eigenvalue weighted by Crippen LogP contribution is -2.09. The topological polar surface area (TPSA) is 56.3 Å². The fourth-order valence-corrected chi connectivity index (χ4v) is 1.25. The minimum atomic E-state index is -0.539. The number of halogens is 1. The van der Waals surface area contributed by atoms with Crippen LogP contribution in [0.25, 0.3) is 0 Å². The van der Waals surface area contributed by atoms with Crippen molar-refractivity contribution in [3.8, 4) is 0 Å². The molecule has 1 aromatic heterocycles. The lowest BCUT2D eigenvalue weighted by atomic mass is 10.2. The molecule has 0 spiro atoms. The smallest absolute Gasteiger partial charge is 0.340 e. The highest BCUT2D eigenvalue weighted by Crippen LogP contribution is 2.13. The second-order valence-corrected chi connectivity index (χ2v) is 3.34. The number of hydrogen-bond acceptors (Lipinski definition) is 4. The van der Waals surface area contributed by atoms with Crippen molar-refractivity contribution in [2.24, 2.45) is 0 Å². The third-order valence-electron chi connectivity index (χ3n) is 1.49. The zero-order valence-electron chi connectivity index (χ0n) is 7.49. The van der Waals surface area contributed by atoms with Crippen LogP contribution < -0.4 is 0 Å². The van der Waals surface area contributed by atoms with E-state index < -0.39 is 5.97 Å². The molecular weight excluding hydrogens is 250 g/mol. The molecule has 0 saturated carbocycles. The van der Waals surface area contributed by atoms with Crippen molar-refractivity contribution in [2.75, 3.05) is 6.61 Å². The summed E-state index contributed by atoms with van der Waals surface area (Å²) in [6.07, 6.45) is 1.98. The third kappa shape index (κ3) is 2.38. The Morgan fingerprint density at radius 2 is 2.43 bits per heavy atom. The maximum Gasteiger partial charge on any atom is 0.340 e. The zero-order chi connectivity index (χ0) is 10.6. The van der Waals surface area contributed by atoms with Crippen LogP contribution in [-0.4, -0.2) is 23.8 Å². The average molecular weight is 258 g/mol. The number of rotatable bonds is 3. The van der Waals surface area contributed by atoms with E-state index in [9.17, 15) is 9.59 Å². The lowest BCUT2D eigenvalue weighted by molar-refractivity contribution is 0.0523. The third-order valence-corrected chi connectivity index (χ3v) is 1.93. The van der Waals surface area contributed by atoms with Crippen molar-refractivity contribution >= 4 is 28.2 Å². The molecule has 0 bridgehead atoms. The number of pyridine rings is 1. The van der Waals surface area contributed by atoms with Gasteiger partial charge in [0.2, 0.25) is 0 Å². The molecule has 5 heteroatoms. The normalized spacial score (nSPS) is 9.57. The average Bonchev–Trinajstić information content (AvgIpc) is 2.18. The van der Waals surface area contributed by atoms with E-state index in [2.05, 4.69) is 20.9 Å². The molecule has 0 saturated heterocycles. The largest absolute Gasteiger partial charge is 0.462 e. The molecule has 1 heterocycles. The predicted octanol–water partition coefficient (Wildman–Crippen LogP) is 1.83. The summed E-state index contributed by atoms with van der Waals surface area (Å²) in [5.74, 6) is -0.539. The van der Waals surface area contributed by atoms with Crippen LogP contribution in [0.3, 0.4) is 0 Å². The lowest BCUT2D eigenvalue weighted by Gasteiger charge is -2.03. The predicted molar refractivity (Wildman–Crippen MR) is 53.3 cm³/mol. The van der Waals surface area contributed by atoms with Gasteiger partial charge < -0.3 is 4.74 Å². The van der Waals surface area contributed by atoms with E-state index in [1.165, 1.54) is 12.3 Å². The van der Waals surface area contributed by atoms with Crippen molar-refractivity contribution in [3.05, 3.63) is 28.0 Å². The molecule has 0 aliphatic carbocycles. The molecule has 1 rings (SSSR count). The first-order chi connectivity index (χ1) is 6.69. The highest BCUT2D eigenvalue weighted by Gasteiger charge is 2.13. The van der Waals surface area contributed by atoms with E-state index in [1.54, 1.807) is 6.92 Å². The molecule has 0 aliphatic heterocycles. The summed E-state index contributed by atoms with van der Waals surface area (Å²) in [6.45, 7) is 1.97. The Hall–Kier alpha value is -1.23. The first kappa shape index (κ1) is 10.8. The Morgan fingerprint density at radius 1 is 1.71 bits per heavy atom. The quantitative estimate of drug-likeness (QED) is 0.613. The number of aldehydes is 1. The van der Waals surface area contributed by atoms with Crippen LogP contribution in [-0.2, 0) is 4.74 Å². The Balaban J connectivity index is 3.10. The number of nitrogens with zero attached hydrogens (tertiary/aromatic N) is 1. The maximum absolute atomic E-state index is 11.3. The number of ether oxygens (including phenoxy) is 1. The molecule has 14 heavy (non-hydrogen) atoms. The number of aromatic nitrogens is 1. The molecule has 0 fully saturated rings. The van der Waals surface area contributed by atoms with E-state index >= 15 is 0 Å². The minimum Gasteiger partial charge on any atom is -0.462 e. The number of esters is 1. The van der Waals surface area contributed by atoms with Crippen LogP contribution in [0, 0.1) is 0 Å². The zero-order valence-corrected chi connectivity index (χ0v) is 9.08. The van der Waals surface area contributed by atoms with E-state index in [4.69, 9.17) is 4.74 Å². The van der Waals surface area contributed by atoms with Gasteiger partial charge in [0, 0.05) is 10.7 Å². The van der Waals surface area contributed by atoms with Gasteiger partial charge in [0.25, 0.3) is 0 Å². The standard InChI is InChI=1S/C9H8BrNO3/c1-2-14-9(13)7-3-6(10)4-11-8(7)5-12/h3-5H,2H2,1H3. The molecule has 1 aromatic rings. The van der Waals surface area contributed by atoms with Crippen LogP contribution in [0.1, 0.15) is 27.8 Å². The van der Waals surface area contributed by atoms with Crippen molar-refractivity contribution < 1.29 is 14.3 Å². The Kier molecular flexibility index (Phi) is 3.76. The summed E-state index contributed by atoms with van der Waals surface area (Å²) >= 11 is 3.16. The number of carbonyl (C=O) groups is 2. The molecule has 0 aromatic carbocycles. The highest BCUT2D eigenvalue weighted by atomic mass is 79.9. The van der Waals surface area contributed by atoms with Gasteiger partial charge in [-0.05, 0) is 28.9 Å². The summed E-state index contributed by atoms with van der Waals surface area (Å²) < 4.78 is 5.40. The first-order valence-electron chi connectivity index (χ1n) is 3.97. The molecule has 0 radical (unpaired) electrons. The van der Waals surface area contributed by atoms with Gasteiger partial charge in [-0.3, -0.25) is 9.78 Å². The molecule has 0 atom stereocenters. The van der Waals surface area contributed by atoms with E-state index in [-0.39, 0.29) is 17.9 Å². The molecule has 0 N–H and O–H groups in total. The van der Waals surface area contributed by atoms with Gasteiger partial charge in [0.1, 0.15) is 5.69 Å². The fraction of sp³-hybridized carbons (Fsp3) is 0.222. The van der Waals surface area contributed by atoms with E-state index in [0.29, 0.717) is 10.8 Å². The van der Waals surface area contributed by atoms with Gasteiger partial charge in [-0.15, -0.1) is 0 Å². The van der Waals surface area contributed by atoms with Crippen LogP contribution in [0.2, 0.25) is 0 Å². The Morgan fingerprint density at radius 3 is 3.00 bits per heavy atom. The summed E-state index contributed by atoms with van der Waals surface area (Å²) in [7, 11) is 0. The van der Waals surface area contributed by atoms with Gasteiger partial charge in [-0.2, -0.15) is 0 Å². The highest BCUT2D eigenvalue weighted by molar-refractivity contribution is 9.10. The van der Waals surface area contributed by atoms with Crippen molar-refractivity contribution in [1.82, 2.24) is 4.98 Å². The Bertz CT molecular complexity index is 365. The van der Waals surface area contributed by atoms with Gasteiger partial charge in [0.15, 0.2) is 6.29 Å². The summed E-state index contributed by atoms with van der Waals surface area (Å²) in [5, 5.41) is 0. The molecule has 74 valence electrons. The SMILES string of the molecule is CCOC(=O)c1cc(Br)cnc1C=O. The maximum atomic E-state index is 11.3. The second-order valence-electron chi connectivity index (χ2n) is 2.42. The van der Waals surface area contributed by atoms with Crippen LogP contribution >= 0.6 is 15.9 Å². The van der Waals surface area contributed by atoms with Crippen LogP contribution in [0.5, 0.6) is 0 Å². The molecule has 4 nitrogen and oxygen atoms in total. The summed E-state index contributed by atoms with van der Waals surface area (Å²) in [6, 6.07) is 1.51. The first-order valence-corrected chi connectivity index (χ1v) is 4.76. The Labute approximate surface area is 89.4 Å². The van der Waals surface area contributed by atoms with Gasteiger partial charge in [0.05, 0.1) is 12.2 Å². The van der Waals surface area contributed by atoms with Gasteiger partial charge in [-0.25, -0.2) is 4.79 Å².